The van der Waals surface area contributed by atoms with Gasteiger partial charge in [0.25, 0.3) is 0 Å². The monoisotopic (exact) mass is 325 g/mol. The summed E-state index contributed by atoms with van der Waals surface area (Å²) in [6, 6.07) is 3.89. The Morgan fingerprint density at radius 2 is 2.16 bits per heavy atom. The fourth-order valence-electron chi connectivity index (χ4n) is 1.63. The molecule has 0 unspecified atom stereocenters. The molecule has 5 nitrogen and oxygen atoms in total. The number of imidazole rings is 1. The molecule has 3 N–H and O–H groups in total. The second-order valence-corrected chi connectivity index (χ2v) is 6.16. The Bertz CT molecular complexity index is 576. The van der Waals surface area contributed by atoms with Gasteiger partial charge in [-0.2, -0.15) is 0 Å². The molecule has 0 radical (unpaired) electrons. The summed E-state index contributed by atoms with van der Waals surface area (Å²) in [5, 5.41) is 7.89. The molecule has 0 spiro atoms. The van der Waals surface area contributed by atoms with Gasteiger partial charge < -0.3 is 11.1 Å². The van der Waals surface area contributed by atoms with E-state index in [1.807, 2.05) is 12.1 Å². The highest BCUT2D eigenvalue weighted by molar-refractivity contribution is 9.10. The molecule has 0 bridgehead atoms. The van der Waals surface area contributed by atoms with Crippen LogP contribution in [0, 0.1) is 5.41 Å². The highest BCUT2D eigenvalue weighted by atomic mass is 79.9. The molecular formula is C13H20BrN5. The number of rotatable bonds is 5. The molecule has 0 aliphatic rings. The first-order valence-electron chi connectivity index (χ1n) is 6.45. The minimum absolute atomic E-state index is 0.255. The van der Waals surface area contributed by atoms with E-state index in [0.29, 0.717) is 6.54 Å². The maximum Gasteiger partial charge on any atom is 0.155 e. The summed E-state index contributed by atoms with van der Waals surface area (Å²) in [4.78, 5) is 4.40. The van der Waals surface area contributed by atoms with Crippen LogP contribution < -0.4 is 11.1 Å². The van der Waals surface area contributed by atoms with E-state index >= 15 is 0 Å². The molecule has 0 atom stereocenters. The highest BCUT2D eigenvalue weighted by Crippen LogP contribution is 2.21. The van der Waals surface area contributed by atoms with E-state index in [1.54, 1.807) is 4.52 Å². The van der Waals surface area contributed by atoms with Crippen LogP contribution >= 0.6 is 15.9 Å². The molecule has 19 heavy (non-hydrogen) atoms. The molecule has 0 fully saturated rings. The van der Waals surface area contributed by atoms with Gasteiger partial charge in [0.05, 0.1) is 5.69 Å². The highest BCUT2D eigenvalue weighted by Gasteiger charge is 2.15. The van der Waals surface area contributed by atoms with E-state index in [2.05, 4.69) is 52.1 Å². The van der Waals surface area contributed by atoms with Gasteiger partial charge in [0.2, 0.25) is 0 Å². The van der Waals surface area contributed by atoms with Crippen molar-refractivity contribution in [2.75, 3.05) is 11.9 Å². The van der Waals surface area contributed by atoms with E-state index in [9.17, 15) is 0 Å². The van der Waals surface area contributed by atoms with Gasteiger partial charge in [-0.1, -0.05) is 20.8 Å². The van der Waals surface area contributed by atoms with E-state index in [-0.39, 0.29) is 5.41 Å². The molecule has 0 saturated heterocycles. The lowest BCUT2D eigenvalue weighted by Gasteiger charge is -2.23. The van der Waals surface area contributed by atoms with E-state index < -0.39 is 0 Å². The number of anilines is 1. The average Bonchev–Trinajstić information content (AvgIpc) is 2.73. The molecule has 0 saturated carbocycles. The van der Waals surface area contributed by atoms with Crippen LogP contribution in [-0.2, 0) is 6.54 Å². The third kappa shape index (κ3) is 3.06. The minimum Gasteiger partial charge on any atom is -0.368 e. The number of nitrogens with two attached hydrogens (primary N) is 1. The molecule has 2 aromatic rings. The van der Waals surface area contributed by atoms with Gasteiger partial charge in [-0.25, -0.2) is 9.50 Å². The fourth-order valence-corrected chi connectivity index (χ4v) is 2.14. The van der Waals surface area contributed by atoms with Gasteiger partial charge in [-0.05, 0) is 39.9 Å². The van der Waals surface area contributed by atoms with Crippen LogP contribution in [0.25, 0.3) is 5.65 Å². The molecule has 0 aliphatic carbocycles. The maximum absolute atomic E-state index is 5.64. The quantitative estimate of drug-likeness (QED) is 0.886. The van der Waals surface area contributed by atoms with Crippen LogP contribution in [0.1, 0.15) is 32.9 Å². The lowest BCUT2D eigenvalue weighted by molar-refractivity contribution is 0.376. The van der Waals surface area contributed by atoms with Crippen molar-refractivity contribution < 1.29 is 0 Å². The van der Waals surface area contributed by atoms with Crippen LogP contribution in [0.15, 0.2) is 16.7 Å². The zero-order valence-corrected chi connectivity index (χ0v) is 13.2. The minimum atomic E-state index is 0.255. The first-order chi connectivity index (χ1) is 8.96. The molecule has 2 heterocycles. The Morgan fingerprint density at radius 3 is 2.79 bits per heavy atom. The lowest BCUT2D eigenvalue weighted by Crippen LogP contribution is -2.22. The number of hydrogen-bond donors (Lipinski definition) is 2. The summed E-state index contributed by atoms with van der Waals surface area (Å²) in [5.74, 6) is 0.843. The Balaban J connectivity index is 2.24. The molecule has 0 aromatic carbocycles. The number of halogens is 1. The number of hydrogen-bond acceptors (Lipinski definition) is 4. The SMILES string of the molecule is CCC(C)(C)CNc1ccc2nc(CN)c(Br)n2n1. The lowest BCUT2D eigenvalue weighted by atomic mass is 9.90. The number of nitrogens with one attached hydrogen (secondary N) is 1. The van der Waals surface area contributed by atoms with Gasteiger partial charge in [0, 0.05) is 13.1 Å². The summed E-state index contributed by atoms with van der Waals surface area (Å²) in [7, 11) is 0. The fraction of sp³-hybridized carbons (Fsp3) is 0.538. The summed E-state index contributed by atoms with van der Waals surface area (Å²) < 4.78 is 2.59. The van der Waals surface area contributed by atoms with Crippen molar-refractivity contribution in [2.24, 2.45) is 11.1 Å². The average molecular weight is 326 g/mol. The van der Waals surface area contributed by atoms with Gasteiger partial charge in [0.1, 0.15) is 10.4 Å². The van der Waals surface area contributed by atoms with Crippen LogP contribution in [0.5, 0.6) is 0 Å². The molecule has 104 valence electrons. The maximum atomic E-state index is 5.64. The zero-order valence-electron chi connectivity index (χ0n) is 11.6. The molecule has 6 heteroatoms. The number of nitrogens with zero attached hydrogens (tertiary/aromatic N) is 3. The van der Waals surface area contributed by atoms with Crippen LogP contribution in [0.2, 0.25) is 0 Å². The third-order valence-electron chi connectivity index (χ3n) is 3.39. The van der Waals surface area contributed by atoms with Crippen molar-refractivity contribution in [1.82, 2.24) is 14.6 Å². The van der Waals surface area contributed by atoms with Gasteiger partial charge >= 0.3 is 0 Å². The Morgan fingerprint density at radius 1 is 1.42 bits per heavy atom. The Kier molecular flexibility index (Phi) is 4.10. The standard InChI is InChI=1S/C13H20BrN5/c1-4-13(2,3)8-16-10-5-6-11-17-9(7-15)12(14)19(11)18-10/h5-6H,4,7-8,15H2,1-3H3,(H,16,18). The van der Waals surface area contributed by atoms with Crippen LogP contribution in [-0.4, -0.2) is 21.1 Å². The van der Waals surface area contributed by atoms with Crippen molar-refractivity contribution in [3.63, 3.8) is 0 Å². The van der Waals surface area contributed by atoms with Gasteiger partial charge in [-0.3, -0.25) is 0 Å². The van der Waals surface area contributed by atoms with Crippen molar-refractivity contribution in [3.8, 4) is 0 Å². The number of aromatic nitrogens is 3. The largest absolute Gasteiger partial charge is 0.368 e. The summed E-state index contributed by atoms with van der Waals surface area (Å²) in [6.45, 7) is 7.95. The summed E-state index contributed by atoms with van der Waals surface area (Å²) in [6.07, 6.45) is 1.12. The van der Waals surface area contributed by atoms with Crippen molar-refractivity contribution in [2.45, 2.75) is 33.7 Å². The van der Waals surface area contributed by atoms with E-state index in [0.717, 1.165) is 34.7 Å². The van der Waals surface area contributed by atoms with Gasteiger partial charge in [0.15, 0.2) is 5.65 Å². The second-order valence-electron chi connectivity index (χ2n) is 5.41. The van der Waals surface area contributed by atoms with E-state index in [4.69, 9.17) is 5.73 Å². The molecule has 0 amide bonds. The predicted molar refractivity (Wildman–Crippen MR) is 81.1 cm³/mol. The molecule has 0 aliphatic heterocycles. The summed E-state index contributed by atoms with van der Waals surface area (Å²) >= 11 is 3.48. The first kappa shape index (κ1) is 14.3. The van der Waals surface area contributed by atoms with Crippen molar-refractivity contribution >= 4 is 27.4 Å². The first-order valence-corrected chi connectivity index (χ1v) is 7.24. The molecule has 2 aromatic heterocycles. The van der Waals surface area contributed by atoms with E-state index in [1.165, 1.54) is 0 Å². The smallest absolute Gasteiger partial charge is 0.155 e. The van der Waals surface area contributed by atoms with Gasteiger partial charge in [-0.15, -0.1) is 5.10 Å². The molecule has 2 rings (SSSR count). The zero-order chi connectivity index (χ0) is 14.0. The second kappa shape index (κ2) is 5.46. The topological polar surface area (TPSA) is 68.2 Å². The van der Waals surface area contributed by atoms with Crippen molar-refractivity contribution in [3.05, 3.63) is 22.4 Å². The van der Waals surface area contributed by atoms with Crippen LogP contribution in [0.3, 0.4) is 0 Å². The Labute approximate surface area is 121 Å². The Hall–Kier alpha value is -1.14. The normalized spacial score (nSPS) is 12.1. The predicted octanol–water partition coefficient (Wildman–Crippen LogP) is 2.80. The summed E-state index contributed by atoms with van der Waals surface area (Å²) in [5.41, 5.74) is 7.51. The van der Waals surface area contributed by atoms with Crippen LogP contribution in [0.4, 0.5) is 5.82 Å². The van der Waals surface area contributed by atoms with Crippen molar-refractivity contribution in [1.29, 1.82) is 0 Å². The third-order valence-corrected chi connectivity index (χ3v) is 4.18. The number of fused-ring (bicyclic) bond motifs is 1. The molecular weight excluding hydrogens is 306 g/mol.